The third kappa shape index (κ3) is 3.58. The molecule has 0 spiro atoms. The second-order valence-electron chi connectivity index (χ2n) is 10.1. The van der Waals surface area contributed by atoms with Crippen LogP contribution in [-0.2, 0) is 28.6 Å². The van der Waals surface area contributed by atoms with Gasteiger partial charge in [0.25, 0.3) is 0 Å². The summed E-state index contributed by atoms with van der Waals surface area (Å²) >= 11 is 0. The lowest BCUT2D eigenvalue weighted by Crippen LogP contribution is -2.64. The van der Waals surface area contributed by atoms with E-state index in [1.165, 1.54) is 7.11 Å². The molecule has 0 N–H and O–H groups in total. The molecule has 0 aromatic carbocycles. The van der Waals surface area contributed by atoms with Crippen LogP contribution in [0.4, 0.5) is 0 Å². The summed E-state index contributed by atoms with van der Waals surface area (Å²) < 4.78 is 22.2. The fraction of sp³-hybridized carbons (Fsp3) is 0.720. The summed E-state index contributed by atoms with van der Waals surface area (Å²) in [7, 11) is 1.39. The van der Waals surface area contributed by atoms with E-state index in [0.717, 1.165) is 18.4 Å². The van der Waals surface area contributed by atoms with Gasteiger partial charge in [-0.2, -0.15) is 0 Å². The molecule has 2 aliphatic carbocycles. The molecule has 1 aliphatic heterocycles. The fourth-order valence-electron chi connectivity index (χ4n) is 6.68. The third-order valence-corrected chi connectivity index (χ3v) is 8.32. The Balaban J connectivity index is 1.74. The van der Waals surface area contributed by atoms with Crippen molar-refractivity contribution in [2.24, 2.45) is 28.6 Å². The molecule has 32 heavy (non-hydrogen) atoms. The molecule has 7 heteroatoms. The smallest absolute Gasteiger partial charge is 0.310 e. The van der Waals surface area contributed by atoms with Gasteiger partial charge in [0.2, 0.25) is 0 Å². The zero-order valence-electron chi connectivity index (χ0n) is 19.4. The van der Waals surface area contributed by atoms with Gasteiger partial charge in [0.05, 0.1) is 31.5 Å². The molecule has 2 saturated carbocycles. The van der Waals surface area contributed by atoms with Crippen molar-refractivity contribution in [2.75, 3.05) is 13.7 Å². The van der Waals surface area contributed by atoms with Crippen LogP contribution < -0.4 is 0 Å². The first kappa shape index (κ1) is 23.0. The van der Waals surface area contributed by atoms with Gasteiger partial charge in [-0.05, 0) is 49.0 Å². The molecular weight excluding hydrogens is 412 g/mol. The average Bonchev–Trinajstić information content (AvgIpc) is 3.29. The van der Waals surface area contributed by atoms with Gasteiger partial charge in [0.1, 0.15) is 12.2 Å². The van der Waals surface area contributed by atoms with Crippen LogP contribution in [0, 0.1) is 28.6 Å². The zero-order chi connectivity index (χ0) is 23.1. The lowest BCUT2D eigenvalue weighted by atomic mass is 9.43. The summed E-state index contributed by atoms with van der Waals surface area (Å²) in [5.74, 6) is -1.91. The second-order valence-corrected chi connectivity index (χ2v) is 10.1. The quantitative estimate of drug-likeness (QED) is 0.476. The van der Waals surface area contributed by atoms with Gasteiger partial charge in [0.15, 0.2) is 5.78 Å². The van der Waals surface area contributed by atoms with Crippen molar-refractivity contribution in [3.8, 4) is 0 Å². The Hall–Kier alpha value is -2.15. The number of hydrogen-bond donors (Lipinski definition) is 0. The maximum Gasteiger partial charge on any atom is 0.310 e. The van der Waals surface area contributed by atoms with E-state index in [9.17, 15) is 14.4 Å². The number of fused-ring (bicyclic) bond motifs is 3. The highest BCUT2D eigenvalue weighted by atomic mass is 16.5. The normalized spacial score (nSPS) is 39.1. The van der Waals surface area contributed by atoms with Gasteiger partial charge in [-0.25, -0.2) is 0 Å². The number of esters is 2. The van der Waals surface area contributed by atoms with E-state index in [1.807, 2.05) is 13.8 Å². The van der Waals surface area contributed by atoms with E-state index in [1.54, 1.807) is 18.6 Å². The van der Waals surface area contributed by atoms with Crippen LogP contribution in [0.15, 0.2) is 23.0 Å². The highest BCUT2D eigenvalue weighted by Gasteiger charge is 2.67. The topological polar surface area (TPSA) is 92.0 Å². The van der Waals surface area contributed by atoms with Crippen LogP contribution in [-0.4, -0.2) is 37.5 Å². The molecule has 0 amide bonds. The van der Waals surface area contributed by atoms with Crippen molar-refractivity contribution < 1.29 is 33.0 Å². The Kier molecular flexibility index (Phi) is 6.23. The lowest BCUT2D eigenvalue weighted by molar-refractivity contribution is -0.209. The molecule has 0 unspecified atom stereocenters. The number of cyclic esters (lactones) is 1. The summed E-state index contributed by atoms with van der Waals surface area (Å²) in [6, 6.07) is 1.79. The number of methoxy groups -OCH3 is 1. The maximum atomic E-state index is 13.9. The number of ketones is 1. The standard InChI is InChI=1S/C25H34O7/c1-5-6-10-31-18-12-17(22(27)29-4)24(2)9-7-16-23(28)32-19(15-8-11-30-14-15)13-25(16,3)21(24)20(18)26/h8,11,14,16-19,21H,5-7,9-10,12-13H2,1-4H3/t16-,17-,18-,19+,21-,24-,25-/m0/s1. The molecular formula is C25H34O7. The highest BCUT2D eigenvalue weighted by Crippen LogP contribution is 2.65. The Labute approximate surface area is 189 Å². The van der Waals surface area contributed by atoms with Crippen molar-refractivity contribution in [1.29, 1.82) is 0 Å². The third-order valence-electron chi connectivity index (χ3n) is 8.32. The Morgan fingerprint density at radius 1 is 1.25 bits per heavy atom. The molecule has 3 fully saturated rings. The predicted molar refractivity (Wildman–Crippen MR) is 114 cm³/mol. The summed E-state index contributed by atoms with van der Waals surface area (Å²) in [5, 5.41) is 0. The van der Waals surface area contributed by atoms with Gasteiger partial charge < -0.3 is 18.6 Å². The molecule has 1 aromatic rings. The lowest BCUT2D eigenvalue weighted by Gasteiger charge is -2.61. The summed E-state index contributed by atoms with van der Waals surface area (Å²) in [5.41, 5.74) is -0.465. The van der Waals surface area contributed by atoms with Crippen molar-refractivity contribution in [2.45, 2.75) is 71.5 Å². The van der Waals surface area contributed by atoms with E-state index < -0.39 is 34.9 Å². The minimum Gasteiger partial charge on any atom is -0.472 e. The molecule has 1 saturated heterocycles. The van der Waals surface area contributed by atoms with Crippen LogP contribution in [0.5, 0.6) is 0 Å². The molecule has 0 bridgehead atoms. The number of unbranched alkanes of at least 4 members (excludes halogenated alkanes) is 1. The van der Waals surface area contributed by atoms with Crippen molar-refractivity contribution in [3.05, 3.63) is 24.2 Å². The molecule has 7 atom stereocenters. The largest absolute Gasteiger partial charge is 0.472 e. The molecule has 3 aliphatic rings. The van der Waals surface area contributed by atoms with E-state index in [-0.39, 0.29) is 23.6 Å². The molecule has 4 rings (SSSR count). The number of ether oxygens (including phenoxy) is 3. The summed E-state index contributed by atoms with van der Waals surface area (Å²) in [6.45, 7) is 6.59. The van der Waals surface area contributed by atoms with Crippen molar-refractivity contribution in [1.82, 2.24) is 0 Å². The summed E-state index contributed by atoms with van der Waals surface area (Å²) in [6.07, 6.45) is 5.83. The van der Waals surface area contributed by atoms with E-state index in [4.69, 9.17) is 18.6 Å². The van der Waals surface area contributed by atoms with Gasteiger partial charge in [-0.1, -0.05) is 27.2 Å². The fourth-order valence-corrected chi connectivity index (χ4v) is 6.68. The summed E-state index contributed by atoms with van der Waals surface area (Å²) in [4.78, 5) is 39.9. The number of furan rings is 1. The minimum atomic E-state index is -0.662. The highest BCUT2D eigenvalue weighted by molar-refractivity contribution is 5.92. The van der Waals surface area contributed by atoms with Gasteiger partial charge >= 0.3 is 11.9 Å². The Bertz CT molecular complexity index is 862. The Morgan fingerprint density at radius 2 is 2.03 bits per heavy atom. The van der Waals surface area contributed by atoms with E-state index in [0.29, 0.717) is 32.3 Å². The SMILES string of the molecule is CCCCO[C@H]1C[C@@H](C(=O)OC)[C@]2(C)CC[C@H]3C(=O)O[C@@H](c4ccoc4)C[C@]3(C)[C@H]2C1=O. The average molecular weight is 447 g/mol. The molecule has 0 radical (unpaired) electrons. The monoisotopic (exact) mass is 446 g/mol. The zero-order valence-corrected chi connectivity index (χ0v) is 19.4. The maximum absolute atomic E-state index is 13.9. The molecule has 7 nitrogen and oxygen atoms in total. The first-order valence-electron chi connectivity index (χ1n) is 11.7. The number of rotatable bonds is 6. The van der Waals surface area contributed by atoms with Crippen LogP contribution >= 0.6 is 0 Å². The molecule has 1 aromatic heterocycles. The van der Waals surface area contributed by atoms with Crippen LogP contribution in [0.1, 0.15) is 71.0 Å². The Morgan fingerprint density at radius 3 is 2.69 bits per heavy atom. The van der Waals surface area contributed by atoms with Gasteiger partial charge in [-0.3, -0.25) is 14.4 Å². The first-order chi connectivity index (χ1) is 15.3. The minimum absolute atomic E-state index is 0.0107. The van der Waals surface area contributed by atoms with Crippen LogP contribution in [0.3, 0.4) is 0 Å². The van der Waals surface area contributed by atoms with Crippen molar-refractivity contribution >= 4 is 17.7 Å². The van der Waals surface area contributed by atoms with Crippen LogP contribution in [0.2, 0.25) is 0 Å². The number of carbonyl (C=O) groups excluding carboxylic acids is 3. The predicted octanol–water partition coefficient (Wildman–Crippen LogP) is 4.25. The van der Waals surface area contributed by atoms with Crippen LogP contribution in [0.25, 0.3) is 0 Å². The molecule has 2 heterocycles. The number of Topliss-reactive ketones (excluding diaryl/α,β-unsaturated/α-hetero) is 1. The molecule has 176 valence electrons. The first-order valence-corrected chi connectivity index (χ1v) is 11.7. The van der Waals surface area contributed by atoms with E-state index in [2.05, 4.69) is 6.92 Å². The number of hydrogen-bond acceptors (Lipinski definition) is 7. The van der Waals surface area contributed by atoms with E-state index >= 15 is 0 Å². The van der Waals surface area contributed by atoms with Gasteiger partial charge in [0, 0.05) is 18.1 Å². The van der Waals surface area contributed by atoms with Crippen molar-refractivity contribution in [3.63, 3.8) is 0 Å². The second kappa shape index (κ2) is 8.65. The van der Waals surface area contributed by atoms with Gasteiger partial charge in [-0.15, -0.1) is 0 Å². The number of carbonyl (C=O) groups is 3.